The molecule has 0 N–H and O–H groups in total. The average molecular weight is 423 g/mol. The van der Waals surface area contributed by atoms with Gasteiger partial charge in [0.15, 0.2) is 0 Å². The number of methoxy groups -OCH3 is 1. The Labute approximate surface area is 180 Å². The van der Waals surface area contributed by atoms with Crippen LogP contribution in [0.15, 0.2) is 60.2 Å². The van der Waals surface area contributed by atoms with Crippen molar-refractivity contribution in [3.05, 3.63) is 76.5 Å². The van der Waals surface area contributed by atoms with Crippen molar-refractivity contribution in [2.75, 3.05) is 13.7 Å². The lowest BCUT2D eigenvalue weighted by Crippen LogP contribution is -2.08. The van der Waals surface area contributed by atoms with Crippen LogP contribution in [0.5, 0.6) is 5.75 Å². The van der Waals surface area contributed by atoms with Gasteiger partial charge in [-0.15, -0.1) is 0 Å². The van der Waals surface area contributed by atoms with Crippen molar-refractivity contribution in [3.8, 4) is 22.7 Å². The maximum absolute atomic E-state index is 12.0. The van der Waals surface area contributed by atoms with Crippen LogP contribution < -0.4 is 4.74 Å². The highest BCUT2D eigenvalue weighted by molar-refractivity contribution is 6.30. The van der Waals surface area contributed by atoms with Crippen LogP contribution >= 0.6 is 11.6 Å². The molecular formula is C24H23ClN2O3. The Hall–Kier alpha value is -3.05. The molecule has 30 heavy (non-hydrogen) atoms. The normalized spacial score (nSPS) is 14.4. The Morgan fingerprint density at radius 3 is 2.53 bits per heavy atom. The SMILES string of the molecule is CCOC(=O)/C=C1/CCc2nn(-c3ccc(OC)cc3)c(-c3ccc(Cl)cc3)c2C1. The van der Waals surface area contributed by atoms with Gasteiger partial charge in [-0.25, -0.2) is 9.48 Å². The molecule has 0 fully saturated rings. The third-order valence-electron chi connectivity index (χ3n) is 5.20. The molecule has 1 heterocycles. The summed E-state index contributed by atoms with van der Waals surface area (Å²) in [4.78, 5) is 12.0. The summed E-state index contributed by atoms with van der Waals surface area (Å²) in [5, 5.41) is 5.61. The second-order valence-corrected chi connectivity index (χ2v) is 7.56. The van der Waals surface area contributed by atoms with Crippen molar-refractivity contribution in [2.24, 2.45) is 0 Å². The maximum Gasteiger partial charge on any atom is 0.330 e. The second kappa shape index (κ2) is 8.76. The van der Waals surface area contributed by atoms with Crippen molar-refractivity contribution in [1.29, 1.82) is 0 Å². The van der Waals surface area contributed by atoms with Crippen LogP contribution in [0.2, 0.25) is 5.02 Å². The van der Waals surface area contributed by atoms with Crippen LogP contribution in [0.1, 0.15) is 24.6 Å². The Morgan fingerprint density at radius 1 is 1.13 bits per heavy atom. The molecule has 5 nitrogen and oxygen atoms in total. The minimum absolute atomic E-state index is 0.286. The van der Waals surface area contributed by atoms with Crippen molar-refractivity contribution in [2.45, 2.75) is 26.2 Å². The molecule has 0 saturated carbocycles. The van der Waals surface area contributed by atoms with E-state index in [0.29, 0.717) is 18.1 Å². The Kier molecular flexibility index (Phi) is 5.91. The van der Waals surface area contributed by atoms with E-state index in [2.05, 4.69) is 0 Å². The summed E-state index contributed by atoms with van der Waals surface area (Å²) in [6.07, 6.45) is 3.88. The van der Waals surface area contributed by atoms with Gasteiger partial charge >= 0.3 is 5.97 Å². The molecule has 2 aromatic carbocycles. The molecule has 3 aromatic rings. The molecule has 154 valence electrons. The molecule has 0 spiro atoms. The molecule has 1 aromatic heterocycles. The topological polar surface area (TPSA) is 53.3 Å². The highest BCUT2D eigenvalue weighted by atomic mass is 35.5. The number of aryl methyl sites for hydroxylation is 1. The predicted octanol–water partition coefficient (Wildman–Crippen LogP) is 5.18. The fourth-order valence-corrected chi connectivity index (χ4v) is 3.89. The molecule has 0 saturated heterocycles. The summed E-state index contributed by atoms with van der Waals surface area (Å²) < 4.78 is 12.4. The third-order valence-corrected chi connectivity index (χ3v) is 5.45. The van der Waals surface area contributed by atoms with E-state index in [9.17, 15) is 4.79 Å². The van der Waals surface area contributed by atoms with Gasteiger partial charge in [-0.3, -0.25) is 0 Å². The zero-order chi connectivity index (χ0) is 21.1. The lowest BCUT2D eigenvalue weighted by atomic mass is 9.89. The van der Waals surface area contributed by atoms with Gasteiger partial charge in [0.2, 0.25) is 0 Å². The molecular weight excluding hydrogens is 400 g/mol. The predicted molar refractivity (Wildman–Crippen MR) is 117 cm³/mol. The summed E-state index contributed by atoms with van der Waals surface area (Å²) >= 11 is 6.12. The molecule has 0 unspecified atom stereocenters. The monoisotopic (exact) mass is 422 g/mol. The number of carbonyl (C=O) groups is 1. The Balaban J connectivity index is 1.81. The first-order valence-corrected chi connectivity index (χ1v) is 10.3. The van der Waals surface area contributed by atoms with E-state index >= 15 is 0 Å². The maximum atomic E-state index is 12.0. The van der Waals surface area contributed by atoms with Gasteiger partial charge in [0, 0.05) is 22.2 Å². The number of nitrogens with zero attached hydrogens (tertiary/aromatic N) is 2. The molecule has 0 bridgehead atoms. The minimum atomic E-state index is -0.286. The first-order valence-electron chi connectivity index (χ1n) is 9.96. The molecule has 0 radical (unpaired) electrons. The standard InChI is InChI=1S/C24H23ClN2O3/c1-3-30-23(28)15-16-4-13-22-21(14-16)24(17-5-7-18(25)8-6-17)27(26-22)19-9-11-20(29-2)12-10-19/h5-12,15H,3-4,13-14H2,1-2H3/b16-15-. The number of rotatable bonds is 5. The quantitative estimate of drug-likeness (QED) is 0.420. The van der Waals surface area contributed by atoms with E-state index < -0.39 is 0 Å². The van der Waals surface area contributed by atoms with E-state index in [1.54, 1.807) is 13.2 Å². The first kappa shape index (κ1) is 20.2. The number of hydrogen-bond acceptors (Lipinski definition) is 4. The number of halogens is 1. The van der Waals surface area contributed by atoms with Gasteiger partial charge in [-0.05, 0) is 62.6 Å². The van der Waals surface area contributed by atoms with E-state index in [4.69, 9.17) is 26.2 Å². The number of aromatic nitrogens is 2. The molecule has 4 rings (SSSR count). The molecule has 1 aliphatic carbocycles. The van der Waals surface area contributed by atoms with Crippen molar-refractivity contribution >= 4 is 17.6 Å². The summed E-state index contributed by atoms with van der Waals surface area (Å²) in [5.74, 6) is 0.509. The van der Waals surface area contributed by atoms with Crippen molar-refractivity contribution in [1.82, 2.24) is 9.78 Å². The second-order valence-electron chi connectivity index (χ2n) is 7.12. The fraction of sp³-hybridized carbons (Fsp3) is 0.250. The van der Waals surface area contributed by atoms with Crippen LogP contribution in [-0.4, -0.2) is 29.5 Å². The third kappa shape index (κ3) is 4.12. The number of benzene rings is 2. The van der Waals surface area contributed by atoms with Crippen LogP contribution in [0.4, 0.5) is 0 Å². The Morgan fingerprint density at radius 2 is 1.87 bits per heavy atom. The minimum Gasteiger partial charge on any atom is -0.497 e. The fourth-order valence-electron chi connectivity index (χ4n) is 3.76. The summed E-state index contributed by atoms with van der Waals surface area (Å²) in [6, 6.07) is 15.6. The van der Waals surface area contributed by atoms with Gasteiger partial charge in [0.25, 0.3) is 0 Å². The van der Waals surface area contributed by atoms with Crippen LogP contribution in [0.25, 0.3) is 16.9 Å². The van der Waals surface area contributed by atoms with Gasteiger partial charge in [-0.2, -0.15) is 5.10 Å². The van der Waals surface area contributed by atoms with E-state index in [1.807, 2.05) is 60.1 Å². The lowest BCUT2D eigenvalue weighted by molar-refractivity contribution is -0.137. The molecule has 6 heteroatoms. The van der Waals surface area contributed by atoms with Crippen molar-refractivity contribution < 1.29 is 14.3 Å². The first-order chi connectivity index (χ1) is 14.6. The highest BCUT2D eigenvalue weighted by Gasteiger charge is 2.25. The molecule has 0 atom stereocenters. The summed E-state index contributed by atoms with van der Waals surface area (Å²) in [7, 11) is 1.65. The van der Waals surface area contributed by atoms with Crippen LogP contribution in [0.3, 0.4) is 0 Å². The number of carbonyl (C=O) groups excluding carboxylic acids is 1. The number of esters is 1. The van der Waals surface area contributed by atoms with E-state index in [-0.39, 0.29) is 5.97 Å². The molecule has 0 amide bonds. The number of ether oxygens (including phenoxy) is 2. The number of fused-ring (bicyclic) bond motifs is 1. The average Bonchev–Trinajstić information content (AvgIpc) is 3.13. The summed E-state index contributed by atoms with van der Waals surface area (Å²) in [6.45, 7) is 2.19. The van der Waals surface area contributed by atoms with Gasteiger partial charge in [0.05, 0.1) is 30.8 Å². The highest BCUT2D eigenvalue weighted by Crippen LogP contribution is 2.36. The smallest absolute Gasteiger partial charge is 0.330 e. The molecule has 0 aliphatic heterocycles. The largest absolute Gasteiger partial charge is 0.497 e. The van der Waals surface area contributed by atoms with E-state index in [1.165, 1.54) is 0 Å². The van der Waals surface area contributed by atoms with Gasteiger partial charge in [0.1, 0.15) is 5.75 Å². The zero-order valence-electron chi connectivity index (χ0n) is 17.0. The van der Waals surface area contributed by atoms with Crippen LogP contribution in [-0.2, 0) is 22.4 Å². The molecule has 1 aliphatic rings. The van der Waals surface area contributed by atoms with Crippen molar-refractivity contribution in [3.63, 3.8) is 0 Å². The van der Waals surface area contributed by atoms with Gasteiger partial charge in [-0.1, -0.05) is 29.3 Å². The van der Waals surface area contributed by atoms with Gasteiger partial charge < -0.3 is 9.47 Å². The number of allylic oxidation sites excluding steroid dienone is 1. The van der Waals surface area contributed by atoms with E-state index in [0.717, 1.165) is 52.4 Å². The number of hydrogen-bond donors (Lipinski definition) is 0. The lowest BCUT2D eigenvalue weighted by Gasteiger charge is -2.16. The zero-order valence-corrected chi connectivity index (χ0v) is 17.8. The summed E-state index contributed by atoms with van der Waals surface area (Å²) in [5.41, 5.74) is 6.24. The Bertz CT molecular complexity index is 1080. The van der Waals surface area contributed by atoms with Crippen LogP contribution in [0, 0.1) is 0 Å².